The van der Waals surface area contributed by atoms with Crippen LogP contribution in [0.5, 0.6) is 0 Å². The van der Waals surface area contributed by atoms with Gasteiger partial charge in [-0.05, 0) is 20.3 Å². The number of hydrogen-bond acceptors (Lipinski definition) is 5. The molecule has 1 rings (SSSR count). The summed E-state index contributed by atoms with van der Waals surface area (Å²) < 4.78 is 26.7. The van der Waals surface area contributed by atoms with Crippen LogP contribution in [-0.4, -0.2) is 35.2 Å². The molecule has 0 aliphatic carbocycles. The number of H-pyrrole nitrogens is 1. The molecule has 0 amide bonds. The summed E-state index contributed by atoms with van der Waals surface area (Å²) >= 11 is 0. The van der Waals surface area contributed by atoms with E-state index in [0.29, 0.717) is 12.1 Å². The smallest absolute Gasteiger partial charge is 0.244 e. The molecule has 0 aliphatic rings. The van der Waals surface area contributed by atoms with Crippen molar-refractivity contribution in [3.8, 4) is 0 Å². The van der Waals surface area contributed by atoms with Crippen molar-refractivity contribution < 1.29 is 13.6 Å². The zero-order valence-electron chi connectivity index (χ0n) is 10.4. The zero-order chi connectivity index (χ0) is 14.0. The van der Waals surface area contributed by atoms with Gasteiger partial charge >= 0.3 is 0 Å². The Labute approximate surface area is 105 Å². The molecule has 8 nitrogen and oxygen atoms in total. The number of oxime groups is 1. The molecule has 0 aliphatic heterocycles. The first-order valence-corrected chi connectivity index (χ1v) is 6.77. The van der Waals surface area contributed by atoms with E-state index in [1.807, 2.05) is 0 Å². The second kappa shape index (κ2) is 4.94. The van der Waals surface area contributed by atoms with Crippen LogP contribution in [0.25, 0.3) is 0 Å². The topological polar surface area (TPSA) is 133 Å². The van der Waals surface area contributed by atoms with Crippen molar-refractivity contribution in [3.63, 3.8) is 0 Å². The number of hydrogen-bond donors (Lipinski definition) is 4. The Morgan fingerprint density at radius 2 is 2.33 bits per heavy atom. The minimum absolute atomic E-state index is 0.0351. The number of nitrogens with two attached hydrogens (primary N) is 1. The van der Waals surface area contributed by atoms with Gasteiger partial charge in [0.05, 0.1) is 17.4 Å². The van der Waals surface area contributed by atoms with E-state index in [-0.39, 0.29) is 10.7 Å². The minimum atomic E-state index is -3.79. The monoisotopic (exact) mass is 275 g/mol. The maximum absolute atomic E-state index is 12.1. The summed E-state index contributed by atoms with van der Waals surface area (Å²) in [4.78, 5) is 0.0351. The number of aryl methyl sites for hydroxylation is 1. The first kappa shape index (κ1) is 14.5. The van der Waals surface area contributed by atoms with Gasteiger partial charge in [-0.1, -0.05) is 12.1 Å². The molecule has 5 N–H and O–H groups in total. The highest BCUT2D eigenvalue weighted by Gasteiger charge is 2.34. The highest BCUT2D eigenvalue weighted by Crippen LogP contribution is 2.17. The molecule has 0 fully saturated rings. The maximum atomic E-state index is 12.1. The number of amidine groups is 1. The van der Waals surface area contributed by atoms with Crippen molar-refractivity contribution in [1.82, 2.24) is 14.9 Å². The fraction of sp³-hybridized carbons (Fsp3) is 0.556. The Kier molecular flexibility index (Phi) is 3.97. The van der Waals surface area contributed by atoms with Gasteiger partial charge in [-0.3, -0.25) is 5.10 Å². The van der Waals surface area contributed by atoms with Gasteiger partial charge in [-0.15, -0.1) is 0 Å². The average molecular weight is 275 g/mol. The van der Waals surface area contributed by atoms with E-state index in [0.717, 1.165) is 0 Å². The molecule has 0 saturated heterocycles. The van der Waals surface area contributed by atoms with Crippen LogP contribution < -0.4 is 10.5 Å². The molecule has 1 heterocycles. The Morgan fingerprint density at radius 1 is 1.72 bits per heavy atom. The predicted octanol–water partition coefficient (Wildman–Crippen LogP) is -0.0885. The van der Waals surface area contributed by atoms with Crippen LogP contribution in [0.3, 0.4) is 0 Å². The van der Waals surface area contributed by atoms with Gasteiger partial charge < -0.3 is 10.9 Å². The van der Waals surface area contributed by atoms with Crippen LogP contribution in [0.4, 0.5) is 0 Å². The van der Waals surface area contributed by atoms with E-state index in [1.54, 1.807) is 13.8 Å². The van der Waals surface area contributed by atoms with Crippen LogP contribution in [0, 0.1) is 6.92 Å². The molecule has 102 valence electrons. The Hall–Kier alpha value is -1.61. The van der Waals surface area contributed by atoms with Crippen molar-refractivity contribution >= 4 is 15.9 Å². The SMILES string of the molecule is CCC(C)(NS(=O)(=O)c1cn[nH]c1C)/C(N)=N/O. The number of sulfonamides is 1. The summed E-state index contributed by atoms with van der Waals surface area (Å²) in [5, 5.41) is 17.8. The molecule has 1 aromatic rings. The first-order chi connectivity index (χ1) is 8.27. The Balaban J connectivity index is 3.14. The first-order valence-electron chi connectivity index (χ1n) is 5.29. The largest absolute Gasteiger partial charge is 0.409 e. The third-order valence-corrected chi connectivity index (χ3v) is 4.52. The molecule has 0 aromatic carbocycles. The third-order valence-electron chi connectivity index (χ3n) is 2.81. The molecule has 1 unspecified atom stereocenters. The molecule has 0 saturated carbocycles. The lowest BCUT2D eigenvalue weighted by Gasteiger charge is -2.27. The molecule has 18 heavy (non-hydrogen) atoms. The molecule has 9 heteroatoms. The Morgan fingerprint density at radius 3 is 2.72 bits per heavy atom. The quantitative estimate of drug-likeness (QED) is 0.258. The lowest BCUT2D eigenvalue weighted by atomic mass is 10.00. The summed E-state index contributed by atoms with van der Waals surface area (Å²) in [5.41, 5.74) is 4.77. The average Bonchev–Trinajstić information content (AvgIpc) is 2.74. The molecule has 1 atom stereocenters. The molecule has 0 spiro atoms. The molecule has 0 bridgehead atoms. The van der Waals surface area contributed by atoms with E-state index < -0.39 is 15.6 Å². The lowest BCUT2D eigenvalue weighted by molar-refractivity contribution is 0.310. The van der Waals surface area contributed by atoms with E-state index in [9.17, 15) is 8.42 Å². The maximum Gasteiger partial charge on any atom is 0.244 e. The minimum Gasteiger partial charge on any atom is -0.409 e. The number of nitrogens with one attached hydrogen (secondary N) is 2. The van der Waals surface area contributed by atoms with Crippen LogP contribution in [0.2, 0.25) is 0 Å². The van der Waals surface area contributed by atoms with Gasteiger partial charge in [-0.25, -0.2) is 8.42 Å². The normalized spacial score (nSPS) is 16.5. The van der Waals surface area contributed by atoms with Crippen molar-refractivity contribution in [1.29, 1.82) is 0 Å². The predicted molar refractivity (Wildman–Crippen MR) is 65.8 cm³/mol. The molecule has 0 radical (unpaired) electrons. The zero-order valence-corrected chi connectivity index (χ0v) is 11.2. The van der Waals surface area contributed by atoms with Gasteiger partial charge in [-0.2, -0.15) is 9.82 Å². The number of aromatic nitrogens is 2. The van der Waals surface area contributed by atoms with Gasteiger partial charge in [0.25, 0.3) is 0 Å². The van der Waals surface area contributed by atoms with E-state index in [4.69, 9.17) is 10.9 Å². The van der Waals surface area contributed by atoms with Crippen molar-refractivity contribution in [2.75, 3.05) is 0 Å². The van der Waals surface area contributed by atoms with E-state index in [2.05, 4.69) is 20.1 Å². The number of nitrogens with zero attached hydrogens (tertiary/aromatic N) is 2. The van der Waals surface area contributed by atoms with E-state index in [1.165, 1.54) is 13.1 Å². The number of aromatic amines is 1. The summed E-state index contributed by atoms with van der Waals surface area (Å²) in [6, 6.07) is 0. The van der Waals surface area contributed by atoms with Gasteiger partial charge in [0.2, 0.25) is 10.0 Å². The Bertz CT molecular complexity index is 550. The number of rotatable bonds is 5. The van der Waals surface area contributed by atoms with Crippen molar-refractivity contribution in [2.24, 2.45) is 10.9 Å². The second-order valence-electron chi connectivity index (χ2n) is 4.14. The standard InChI is InChI=1S/C9H17N5O3S/c1-4-9(3,8(10)13-15)14-18(16,17)7-5-11-12-6(7)2/h5,14-15H,4H2,1-3H3,(H2,10,13)(H,11,12). The summed E-state index contributed by atoms with van der Waals surface area (Å²) in [6.07, 6.45) is 1.54. The summed E-state index contributed by atoms with van der Waals surface area (Å²) in [7, 11) is -3.79. The summed E-state index contributed by atoms with van der Waals surface area (Å²) in [6.45, 7) is 4.85. The van der Waals surface area contributed by atoms with Crippen molar-refractivity contribution in [3.05, 3.63) is 11.9 Å². The van der Waals surface area contributed by atoms with Gasteiger partial charge in [0.1, 0.15) is 4.90 Å². The highest BCUT2D eigenvalue weighted by atomic mass is 32.2. The van der Waals surface area contributed by atoms with Crippen LogP contribution in [-0.2, 0) is 10.0 Å². The van der Waals surface area contributed by atoms with Crippen molar-refractivity contribution in [2.45, 2.75) is 37.6 Å². The van der Waals surface area contributed by atoms with Crippen LogP contribution in [0.15, 0.2) is 16.2 Å². The summed E-state index contributed by atoms with van der Waals surface area (Å²) in [5.74, 6) is -0.199. The van der Waals surface area contributed by atoms with Crippen LogP contribution in [0.1, 0.15) is 26.0 Å². The van der Waals surface area contributed by atoms with E-state index >= 15 is 0 Å². The molecular formula is C9H17N5O3S. The van der Waals surface area contributed by atoms with Crippen LogP contribution >= 0.6 is 0 Å². The van der Waals surface area contributed by atoms with Gasteiger partial charge in [0.15, 0.2) is 5.84 Å². The highest BCUT2D eigenvalue weighted by molar-refractivity contribution is 7.89. The fourth-order valence-electron chi connectivity index (χ4n) is 1.38. The lowest BCUT2D eigenvalue weighted by Crippen LogP contribution is -2.54. The molecular weight excluding hydrogens is 258 g/mol. The van der Waals surface area contributed by atoms with Gasteiger partial charge in [0, 0.05) is 0 Å². The second-order valence-corrected chi connectivity index (χ2v) is 5.79. The third kappa shape index (κ3) is 2.62. The fourth-order valence-corrected chi connectivity index (χ4v) is 2.97. The molecule has 1 aromatic heterocycles.